The number of aliphatic carboxylic acids is 2. The van der Waals surface area contributed by atoms with Crippen LogP contribution in [0.2, 0.25) is 5.02 Å². The standard InChI is InChI=1S/C19H15ClF3NO2S.C14H19NO2S/c20-15-3-2-13(19(21,22)23)9-14(15)17-8-12-7-11(1-4-16(12)27-17)10-24-6-5-18(25)26;1-9(2)12-5-10(3-4-13(12)18)6-15-7-11(8-15)14(16)17/h1-4,7-9,24H,5-6,10H2,(H,25,26);3-5,9,11,18H,6-8H2,1-2H3,(H,16,17). The van der Waals surface area contributed by atoms with Crippen LogP contribution >= 0.6 is 35.6 Å². The summed E-state index contributed by atoms with van der Waals surface area (Å²) < 4.78 is 39.9. The Labute approximate surface area is 274 Å². The number of thiol groups is 1. The maximum atomic E-state index is 13.0. The van der Waals surface area contributed by atoms with Crippen molar-refractivity contribution in [3.05, 3.63) is 87.9 Å². The Hall–Kier alpha value is -3.09. The molecule has 2 heterocycles. The normalized spacial score (nSPS) is 13.9. The van der Waals surface area contributed by atoms with Gasteiger partial charge in [0.1, 0.15) is 0 Å². The summed E-state index contributed by atoms with van der Waals surface area (Å²) in [6.45, 7) is 7.34. The highest BCUT2D eigenvalue weighted by Crippen LogP contribution is 2.40. The smallest absolute Gasteiger partial charge is 0.416 e. The molecule has 4 aromatic rings. The molecule has 0 aliphatic carbocycles. The number of fused-ring (bicyclic) bond motifs is 1. The Kier molecular flexibility index (Phi) is 11.6. The van der Waals surface area contributed by atoms with Gasteiger partial charge in [-0.2, -0.15) is 13.2 Å². The highest BCUT2D eigenvalue weighted by molar-refractivity contribution is 7.80. The fraction of sp³-hybridized carbons (Fsp3) is 0.333. The molecule has 0 bridgehead atoms. The summed E-state index contributed by atoms with van der Waals surface area (Å²) in [5.74, 6) is -1.27. The Morgan fingerprint density at radius 2 is 1.76 bits per heavy atom. The molecule has 1 aromatic heterocycles. The van der Waals surface area contributed by atoms with Crippen molar-refractivity contribution in [1.29, 1.82) is 0 Å². The number of carboxylic acid groups (broad SMARTS) is 2. The van der Waals surface area contributed by atoms with Crippen LogP contribution in [0.4, 0.5) is 13.2 Å². The zero-order valence-corrected chi connectivity index (χ0v) is 27.2. The molecule has 0 atom stereocenters. The number of alkyl halides is 3. The molecule has 1 fully saturated rings. The summed E-state index contributed by atoms with van der Waals surface area (Å²) in [5, 5.41) is 21.7. The van der Waals surface area contributed by atoms with E-state index in [1.807, 2.05) is 30.3 Å². The SMILES string of the molecule is CC(C)c1cc(CN2CC(C(=O)O)C2)ccc1S.O=C(O)CCNCc1ccc2sc(-c3cc(C(F)(F)F)ccc3Cl)cc2c1. The first-order valence-electron chi connectivity index (χ1n) is 14.3. The van der Waals surface area contributed by atoms with Gasteiger partial charge in [-0.1, -0.05) is 43.6 Å². The molecule has 1 aliphatic heterocycles. The van der Waals surface area contributed by atoms with Crippen LogP contribution in [0.15, 0.2) is 65.6 Å². The fourth-order valence-corrected chi connectivity index (χ4v) is 6.68. The van der Waals surface area contributed by atoms with Crippen molar-refractivity contribution in [2.75, 3.05) is 19.6 Å². The molecule has 12 heteroatoms. The van der Waals surface area contributed by atoms with Gasteiger partial charge in [0.25, 0.3) is 0 Å². The van der Waals surface area contributed by atoms with Gasteiger partial charge in [-0.05, 0) is 70.5 Å². The molecule has 6 nitrogen and oxygen atoms in total. The molecule has 5 rings (SSSR count). The lowest BCUT2D eigenvalue weighted by Gasteiger charge is -2.36. The first-order chi connectivity index (χ1) is 21.2. The predicted octanol–water partition coefficient (Wildman–Crippen LogP) is 8.42. The number of halogens is 4. The predicted molar refractivity (Wildman–Crippen MR) is 175 cm³/mol. The van der Waals surface area contributed by atoms with Crippen LogP contribution in [0.3, 0.4) is 0 Å². The summed E-state index contributed by atoms with van der Waals surface area (Å²) in [5.41, 5.74) is 3.08. The Morgan fingerprint density at radius 3 is 2.40 bits per heavy atom. The molecule has 1 saturated heterocycles. The topological polar surface area (TPSA) is 89.9 Å². The van der Waals surface area contributed by atoms with E-state index in [2.05, 4.69) is 48.8 Å². The number of carboxylic acids is 2. The zero-order valence-electron chi connectivity index (χ0n) is 24.7. The van der Waals surface area contributed by atoms with Gasteiger partial charge in [-0.15, -0.1) is 24.0 Å². The minimum atomic E-state index is -4.43. The molecular formula is C33H34ClF3N2O4S2. The average Bonchev–Trinajstić information content (AvgIpc) is 3.36. The Balaban J connectivity index is 0.000000222. The highest BCUT2D eigenvalue weighted by Gasteiger charge is 2.32. The van der Waals surface area contributed by atoms with E-state index in [0.29, 0.717) is 42.5 Å². The van der Waals surface area contributed by atoms with Crippen molar-refractivity contribution in [3.8, 4) is 10.4 Å². The van der Waals surface area contributed by atoms with E-state index in [0.717, 1.165) is 39.2 Å². The van der Waals surface area contributed by atoms with Crippen LogP contribution in [0, 0.1) is 5.92 Å². The van der Waals surface area contributed by atoms with Crippen LogP contribution in [0.5, 0.6) is 0 Å². The first kappa shape index (κ1) is 34.8. The number of benzene rings is 3. The maximum Gasteiger partial charge on any atom is 0.416 e. The zero-order chi connectivity index (χ0) is 32.9. The summed E-state index contributed by atoms with van der Waals surface area (Å²) in [4.78, 5) is 25.1. The van der Waals surface area contributed by atoms with Crippen LogP contribution in [0.25, 0.3) is 20.5 Å². The lowest BCUT2D eigenvalue weighted by Crippen LogP contribution is -2.49. The maximum absolute atomic E-state index is 13.0. The van der Waals surface area contributed by atoms with Crippen molar-refractivity contribution < 1.29 is 33.0 Å². The minimum Gasteiger partial charge on any atom is -0.481 e. The molecule has 0 saturated carbocycles. The second-order valence-corrected chi connectivity index (χ2v) is 13.2. The summed E-state index contributed by atoms with van der Waals surface area (Å²) in [7, 11) is 0. The van der Waals surface area contributed by atoms with Crippen LogP contribution in [0.1, 0.15) is 48.4 Å². The molecule has 0 unspecified atom stereocenters. The lowest BCUT2D eigenvalue weighted by molar-refractivity contribution is -0.147. The molecule has 1 aliphatic rings. The molecule has 45 heavy (non-hydrogen) atoms. The van der Waals surface area contributed by atoms with Crippen molar-refractivity contribution >= 4 is 57.6 Å². The van der Waals surface area contributed by atoms with Gasteiger partial charge in [0.2, 0.25) is 0 Å². The summed E-state index contributed by atoms with van der Waals surface area (Å²) >= 11 is 12.0. The molecule has 240 valence electrons. The number of likely N-dealkylation sites (tertiary alicyclic amines) is 1. The highest BCUT2D eigenvalue weighted by atomic mass is 35.5. The average molecular weight is 679 g/mol. The second-order valence-electron chi connectivity index (χ2n) is 11.3. The number of thiophene rings is 1. The van der Waals surface area contributed by atoms with Crippen LogP contribution < -0.4 is 5.32 Å². The summed E-state index contributed by atoms with van der Waals surface area (Å²) in [6, 6.07) is 17.2. The third-order valence-corrected chi connectivity index (χ3v) is 9.30. The van der Waals surface area contributed by atoms with Crippen molar-refractivity contribution in [1.82, 2.24) is 10.2 Å². The number of hydrogen-bond acceptors (Lipinski definition) is 6. The van der Waals surface area contributed by atoms with Crippen molar-refractivity contribution in [2.24, 2.45) is 5.92 Å². The van der Waals surface area contributed by atoms with Gasteiger partial charge < -0.3 is 15.5 Å². The minimum absolute atomic E-state index is 0.0406. The van der Waals surface area contributed by atoms with Gasteiger partial charge >= 0.3 is 18.1 Å². The van der Waals surface area contributed by atoms with E-state index in [9.17, 15) is 22.8 Å². The van der Waals surface area contributed by atoms with Crippen LogP contribution in [-0.4, -0.2) is 46.7 Å². The van der Waals surface area contributed by atoms with Crippen LogP contribution in [-0.2, 0) is 28.9 Å². The molecular weight excluding hydrogens is 645 g/mol. The van der Waals surface area contributed by atoms with Gasteiger partial charge in [0.05, 0.1) is 17.9 Å². The molecule has 3 N–H and O–H groups in total. The number of nitrogens with one attached hydrogen (secondary N) is 1. The van der Waals surface area contributed by atoms with Gasteiger partial charge in [-0.25, -0.2) is 0 Å². The molecule has 3 aromatic carbocycles. The summed E-state index contributed by atoms with van der Waals surface area (Å²) in [6.07, 6.45) is -4.39. The third-order valence-electron chi connectivity index (χ3n) is 7.41. The van der Waals surface area contributed by atoms with E-state index < -0.39 is 23.7 Å². The molecule has 0 spiro atoms. The van der Waals surface area contributed by atoms with Crippen molar-refractivity contribution in [2.45, 2.75) is 50.3 Å². The largest absolute Gasteiger partial charge is 0.481 e. The second kappa shape index (κ2) is 15.0. The lowest BCUT2D eigenvalue weighted by atomic mass is 9.97. The first-order valence-corrected chi connectivity index (χ1v) is 15.9. The number of rotatable bonds is 10. The Bertz CT molecular complexity index is 1670. The third kappa shape index (κ3) is 9.46. The van der Waals surface area contributed by atoms with E-state index in [4.69, 9.17) is 21.8 Å². The molecule has 0 radical (unpaired) electrons. The van der Waals surface area contributed by atoms with E-state index in [1.54, 1.807) is 0 Å². The number of nitrogens with zero attached hydrogens (tertiary/aromatic N) is 1. The van der Waals surface area contributed by atoms with E-state index in [1.165, 1.54) is 28.5 Å². The van der Waals surface area contributed by atoms with Crippen molar-refractivity contribution in [3.63, 3.8) is 0 Å². The number of carbonyl (C=O) groups is 2. The molecule has 0 amide bonds. The fourth-order valence-electron chi connectivity index (χ4n) is 4.93. The monoisotopic (exact) mass is 678 g/mol. The van der Waals surface area contributed by atoms with E-state index in [-0.39, 0.29) is 17.4 Å². The quantitative estimate of drug-likeness (QED) is 0.0995. The van der Waals surface area contributed by atoms with Gasteiger partial charge in [0, 0.05) is 57.8 Å². The van der Waals surface area contributed by atoms with Gasteiger partial charge in [0.15, 0.2) is 0 Å². The Morgan fingerprint density at radius 1 is 1.04 bits per heavy atom. The van der Waals surface area contributed by atoms with E-state index >= 15 is 0 Å². The number of hydrogen-bond donors (Lipinski definition) is 4. The van der Waals surface area contributed by atoms with Gasteiger partial charge in [-0.3, -0.25) is 14.5 Å².